The molecule has 1 aromatic carbocycles. The Morgan fingerprint density at radius 3 is 1.87 bits per heavy atom. The Labute approximate surface area is 275 Å². The zero-order chi connectivity index (χ0) is 33.5. The summed E-state index contributed by atoms with van der Waals surface area (Å²) in [5, 5.41) is 21.9. The van der Waals surface area contributed by atoms with E-state index in [1.165, 1.54) is 18.2 Å². The summed E-state index contributed by atoms with van der Waals surface area (Å²) in [4.78, 5) is 38.4. The molecule has 0 heterocycles. The van der Waals surface area contributed by atoms with Gasteiger partial charge in [0.1, 0.15) is 17.1 Å². The molecule has 0 aromatic heterocycles. The van der Waals surface area contributed by atoms with Gasteiger partial charge in [0.2, 0.25) is 5.91 Å². The molecule has 248 valence electrons. The molecule has 1 rings (SSSR count). The van der Waals surface area contributed by atoms with Crippen molar-refractivity contribution in [3.63, 3.8) is 0 Å². The lowest BCUT2D eigenvalue weighted by atomic mass is 9.85. The standard InChI is InChI=1S/C38H55NO5S/c1-6-9-10-11-12-13-14-15-16-17-18-19-20-21-22-23-26-45-38(7-2,8-3)35(41)28-31(27-30(4)5)36(42)39-32-24-25-34(40)33(29-32)37(43)44/h9-10,12-13,15-16,18-19,21-22,24-25,29-31,40H,6-8,11,14,17,20,23,26-28H2,1-5H3,(H,39,42)(H,43,44)/b10-9-,13-12-,16-15-,19-18-,22-21-. The molecular weight excluding hydrogens is 582 g/mol. The zero-order valence-electron chi connectivity index (χ0n) is 28.0. The van der Waals surface area contributed by atoms with Crippen LogP contribution in [0.3, 0.4) is 0 Å². The van der Waals surface area contributed by atoms with Crippen LogP contribution < -0.4 is 5.32 Å². The summed E-state index contributed by atoms with van der Waals surface area (Å²) in [5.74, 6) is -1.40. The number of rotatable bonds is 23. The minimum absolute atomic E-state index is 0.0824. The average molecular weight is 638 g/mol. The summed E-state index contributed by atoms with van der Waals surface area (Å²) in [6.45, 7) is 10.2. The molecule has 45 heavy (non-hydrogen) atoms. The van der Waals surface area contributed by atoms with Gasteiger partial charge in [-0.1, -0.05) is 95.4 Å². The van der Waals surface area contributed by atoms with Gasteiger partial charge < -0.3 is 15.5 Å². The third-order valence-electron chi connectivity index (χ3n) is 7.52. The Morgan fingerprint density at radius 2 is 1.38 bits per heavy atom. The maximum Gasteiger partial charge on any atom is 0.339 e. The van der Waals surface area contributed by atoms with E-state index in [2.05, 4.69) is 73.0 Å². The molecule has 7 heteroatoms. The van der Waals surface area contributed by atoms with Crippen LogP contribution in [0.1, 0.15) is 109 Å². The number of hydrogen-bond acceptors (Lipinski definition) is 5. The third-order valence-corrected chi connectivity index (χ3v) is 9.32. The Hall–Kier alpha value is -3.32. The minimum Gasteiger partial charge on any atom is -0.507 e. The molecule has 1 atom stereocenters. The molecule has 0 aliphatic rings. The van der Waals surface area contributed by atoms with Gasteiger partial charge in [0, 0.05) is 18.0 Å². The first-order chi connectivity index (χ1) is 21.6. The predicted octanol–water partition coefficient (Wildman–Crippen LogP) is 10.1. The second-order valence-corrected chi connectivity index (χ2v) is 13.0. The second kappa shape index (κ2) is 23.1. The van der Waals surface area contributed by atoms with Gasteiger partial charge in [0.15, 0.2) is 0 Å². The number of ketones is 1. The van der Waals surface area contributed by atoms with Crippen molar-refractivity contribution in [1.29, 1.82) is 0 Å². The number of carbonyl (C=O) groups is 3. The van der Waals surface area contributed by atoms with Crippen LogP contribution in [0.5, 0.6) is 5.75 Å². The molecular formula is C38H55NO5S. The van der Waals surface area contributed by atoms with Crippen molar-refractivity contribution in [1.82, 2.24) is 0 Å². The number of Topliss-reactive ketones (excluding diaryl/α,β-unsaturated/α-hetero) is 1. The van der Waals surface area contributed by atoms with E-state index in [1.54, 1.807) is 11.8 Å². The largest absolute Gasteiger partial charge is 0.507 e. The van der Waals surface area contributed by atoms with Gasteiger partial charge in [-0.2, -0.15) is 0 Å². The number of thioether (sulfide) groups is 1. The molecule has 6 nitrogen and oxygen atoms in total. The number of hydrogen-bond donors (Lipinski definition) is 3. The molecule has 1 amide bonds. The Bertz CT molecular complexity index is 1190. The van der Waals surface area contributed by atoms with Crippen molar-refractivity contribution in [2.45, 2.75) is 104 Å². The molecule has 0 saturated carbocycles. The quantitative estimate of drug-likeness (QED) is 0.0627. The highest BCUT2D eigenvalue weighted by molar-refractivity contribution is 8.01. The van der Waals surface area contributed by atoms with E-state index in [-0.39, 0.29) is 41.0 Å². The first kappa shape index (κ1) is 39.7. The number of benzene rings is 1. The van der Waals surface area contributed by atoms with Crippen molar-refractivity contribution >= 4 is 35.1 Å². The number of aromatic hydroxyl groups is 1. The van der Waals surface area contributed by atoms with Crippen LogP contribution in [0.2, 0.25) is 0 Å². The van der Waals surface area contributed by atoms with E-state index in [1.807, 2.05) is 27.7 Å². The molecule has 0 saturated heterocycles. The first-order valence-corrected chi connectivity index (χ1v) is 17.4. The normalized spacial score (nSPS) is 13.3. The van der Waals surface area contributed by atoms with Gasteiger partial charge in [-0.3, -0.25) is 9.59 Å². The highest BCUT2D eigenvalue weighted by Crippen LogP contribution is 2.37. The van der Waals surface area contributed by atoms with Crippen molar-refractivity contribution in [3.8, 4) is 5.75 Å². The first-order valence-electron chi connectivity index (χ1n) is 16.4. The number of anilines is 1. The summed E-state index contributed by atoms with van der Waals surface area (Å²) in [7, 11) is 0. The van der Waals surface area contributed by atoms with Gasteiger partial charge in [-0.05, 0) is 87.7 Å². The van der Waals surface area contributed by atoms with Crippen LogP contribution in [0.4, 0.5) is 5.69 Å². The fraction of sp³-hybridized carbons (Fsp3) is 0.500. The molecule has 0 bridgehead atoms. The van der Waals surface area contributed by atoms with Crippen molar-refractivity contribution in [3.05, 3.63) is 84.5 Å². The summed E-state index contributed by atoms with van der Waals surface area (Å²) in [6.07, 6.45) is 29.6. The highest BCUT2D eigenvalue weighted by atomic mass is 32.2. The zero-order valence-corrected chi connectivity index (χ0v) is 28.8. The summed E-state index contributed by atoms with van der Waals surface area (Å²) in [6, 6.07) is 3.94. The number of amides is 1. The molecule has 0 radical (unpaired) electrons. The molecule has 0 aliphatic heterocycles. The fourth-order valence-electron chi connectivity index (χ4n) is 4.91. The van der Waals surface area contributed by atoms with Gasteiger partial charge in [0.05, 0.1) is 4.75 Å². The summed E-state index contributed by atoms with van der Waals surface area (Å²) < 4.78 is -0.550. The van der Waals surface area contributed by atoms with Crippen molar-refractivity contribution in [2.24, 2.45) is 11.8 Å². The maximum absolute atomic E-state index is 13.7. The van der Waals surface area contributed by atoms with Crippen LogP contribution in [0, 0.1) is 11.8 Å². The molecule has 0 aliphatic carbocycles. The number of carbonyl (C=O) groups excluding carboxylic acids is 2. The van der Waals surface area contributed by atoms with Gasteiger partial charge >= 0.3 is 5.97 Å². The smallest absolute Gasteiger partial charge is 0.339 e. The average Bonchev–Trinajstić information content (AvgIpc) is 3.01. The number of allylic oxidation sites excluding steroid dienone is 10. The van der Waals surface area contributed by atoms with Gasteiger partial charge in [-0.15, -0.1) is 11.8 Å². The number of carboxylic acid groups (broad SMARTS) is 1. The Kier molecular flexibility index (Phi) is 20.4. The van der Waals surface area contributed by atoms with Gasteiger partial charge in [0.25, 0.3) is 0 Å². The van der Waals surface area contributed by atoms with Crippen LogP contribution in [0.15, 0.2) is 79.0 Å². The molecule has 0 fully saturated rings. The van der Waals surface area contributed by atoms with Crippen LogP contribution in [-0.4, -0.2) is 38.4 Å². The minimum atomic E-state index is -1.28. The molecule has 3 N–H and O–H groups in total. The van der Waals surface area contributed by atoms with Crippen LogP contribution in [-0.2, 0) is 9.59 Å². The van der Waals surface area contributed by atoms with Crippen LogP contribution >= 0.6 is 11.8 Å². The van der Waals surface area contributed by atoms with E-state index in [0.717, 1.165) is 44.3 Å². The second-order valence-electron chi connectivity index (χ2n) is 11.5. The molecule has 1 aromatic rings. The van der Waals surface area contributed by atoms with Gasteiger partial charge in [-0.25, -0.2) is 4.79 Å². The lowest BCUT2D eigenvalue weighted by Crippen LogP contribution is -2.38. The van der Waals surface area contributed by atoms with E-state index in [4.69, 9.17) is 0 Å². The van der Waals surface area contributed by atoms with Crippen LogP contribution in [0.25, 0.3) is 0 Å². The fourth-order valence-corrected chi connectivity index (χ4v) is 6.21. The van der Waals surface area contributed by atoms with E-state index < -0.39 is 16.6 Å². The van der Waals surface area contributed by atoms with E-state index >= 15 is 0 Å². The highest BCUT2D eigenvalue weighted by Gasteiger charge is 2.37. The number of carboxylic acids is 1. The lowest BCUT2D eigenvalue weighted by Gasteiger charge is -2.31. The molecule has 1 unspecified atom stereocenters. The third kappa shape index (κ3) is 16.0. The SMILES string of the molecule is CC/C=C\C/C=C\C/C=C\C/C=C\C/C=C\CCSC(CC)(CC)C(=O)CC(CC(C)C)C(=O)Nc1ccc(O)c(C(=O)O)c1. The van der Waals surface area contributed by atoms with E-state index in [9.17, 15) is 24.6 Å². The molecule has 0 spiro atoms. The number of aromatic carboxylic acids is 1. The lowest BCUT2D eigenvalue weighted by molar-refractivity contribution is -0.128. The Morgan fingerprint density at radius 1 is 0.844 bits per heavy atom. The van der Waals surface area contributed by atoms with E-state index in [0.29, 0.717) is 19.3 Å². The van der Waals surface area contributed by atoms with Crippen molar-refractivity contribution < 1.29 is 24.6 Å². The topological polar surface area (TPSA) is 104 Å². The predicted molar refractivity (Wildman–Crippen MR) is 191 cm³/mol. The maximum atomic E-state index is 13.7. The number of phenols is 1. The monoisotopic (exact) mass is 637 g/mol. The summed E-state index contributed by atoms with van der Waals surface area (Å²) in [5.41, 5.74) is -0.00994. The summed E-state index contributed by atoms with van der Waals surface area (Å²) >= 11 is 1.69. The van der Waals surface area contributed by atoms with Crippen molar-refractivity contribution in [2.75, 3.05) is 11.1 Å². The number of nitrogens with one attached hydrogen (secondary N) is 1. The Balaban J connectivity index is 2.62.